The molecule has 21 heavy (non-hydrogen) atoms. The van der Waals surface area contributed by atoms with Gasteiger partial charge in [0.15, 0.2) is 5.75 Å². The molecule has 6 heteroatoms. The van der Waals surface area contributed by atoms with E-state index in [1.165, 1.54) is 0 Å². The molecule has 1 aliphatic rings. The zero-order chi connectivity index (χ0) is 15.4. The van der Waals surface area contributed by atoms with Gasteiger partial charge in [-0.15, -0.1) is 0 Å². The van der Waals surface area contributed by atoms with Crippen molar-refractivity contribution in [1.29, 1.82) is 0 Å². The van der Waals surface area contributed by atoms with Gasteiger partial charge in [0.05, 0.1) is 17.1 Å². The van der Waals surface area contributed by atoms with Crippen LogP contribution in [0.4, 0.5) is 11.4 Å². The lowest BCUT2D eigenvalue weighted by molar-refractivity contribution is -0.385. The molecular formula is C15H22N2O4. The van der Waals surface area contributed by atoms with Gasteiger partial charge in [0.1, 0.15) is 5.69 Å². The molecule has 1 fully saturated rings. The Labute approximate surface area is 124 Å². The standard InChI is InChI=1S/C15H22N2O4/c1-10(2)21-14-5-3-4-13(15(14)17(19)20)16-9-11-6-7-12(18)8-11/h3-5,10-12,16,18H,6-9H2,1-2H3. The molecule has 2 N–H and O–H groups in total. The average molecular weight is 294 g/mol. The van der Waals surface area contributed by atoms with E-state index < -0.39 is 4.92 Å². The predicted octanol–water partition coefficient (Wildman–Crippen LogP) is 2.95. The second-order valence-corrected chi connectivity index (χ2v) is 5.79. The number of benzene rings is 1. The van der Waals surface area contributed by atoms with Gasteiger partial charge in [-0.2, -0.15) is 0 Å². The molecule has 0 spiro atoms. The van der Waals surface area contributed by atoms with Crippen LogP contribution < -0.4 is 10.1 Å². The second-order valence-electron chi connectivity index (χ2n) is 5.79. The zero-order valence-corrected chi connectivity index (χ0v) is 12.4. The highest BCUT2D eigenvalue weighted by Gasteiger charge is 2.25. The number of nitro groups is 1. The third kappa shape index (κ3) is 4.07. The molecule has 2 unspecified atom stereocenters. The molecule has 1 aliphatic carbocycles. The van der Waals surface area contributed by atoms with Crippen molar-refractivity contribution in [1.82, 2.24) is 0 Å². The Kier molecular flexibility index (Phi) is 5.01. The van der Waals surface area contributed by atoms with Crippen LogP contribution in [0.5, 0.6) is 5.75 Å². The SMILES string of the molecule is CC(C)Oc1cccc(NCC2CCC(O)C2)c1[N+](=O)[O-]. The minimum absolute atomic E-state index is 0.0234. The molecular weight excluding hydrogens is 272 g/mol. The molecule has 0 amide bonds. The van der Waals surface area contributed by atoms with Crippen molar-refractivity contribution in [2.75, 3.05) is 11.9 Å². The molecule has 1 saturated carbocycles. The molecule has 0 aromatic heterocycles. The highest BCUT2D eigenvalue weighted by molar-refractivity contribution is 5.68. The average Bonchev–Trinajstić information content (AvgIpc) is 2.81. The maximum atomic E-state index is 11.3. The molecule has 2 rings (SSSR count). The van der Waals surface area contributed by atoms with Gasteiger partial charge in [-0.25, -0.2) is 0 Å². The van der Waals surface area contributed by atoms with Crippen LogP contribution >= 0.6 is 0 Å². The smallest absolute Gasteiger partial charge is 0.333 e. The van der Waals surface area contributed by atoms with E-state index in [1.807, 2.05) is 13.8 Å². The fraction of sp³-hybridized carbons (Fsp3) is 0.600. The van der Waals surface area contributed by atoms with Crippen LogP contribution in [0.1, 0.15) is 33.1 Å². The maximum absolute atomic E-state index is 11.3. The quantitative estimate of drug-likeness (QED) is 0.622. The fourth-order valence-electron chi connectivity index (χ4n) is 2.69. The first-order valence-corrected chi connectivity index (χ1v) is 7.33. The van der Waals surface area contributed by atoms with Gasteiger partial charge in [-0.1, -0.05) is 6.07 Å². The number of aliphatic hydroxyl groups excluding tert-OH is 1. The van der Waals surface area contributed by atoms with Crippen molar-refractivity contribution in [2.45, 2.75) is 45.3 Å². The Balaban J connectivity index is 2.12. The van der Waals surface area contributed by atoms with E-state index in [2.05, 4.69) is 5.32 Å². The predicted molar refractivity (Wildman–Crippen MR) is 80.7 cm³/mol. The van der Waals surface area contributed by atoms with Gasteiger partial charge in [-0.05, 0) is 51.2 Å². The summed E-state index contributed by atoms with van der Waals surface area (Å²) >= 11 is 0. The summed E-state index contributed by atoms with van der Waals surface area (Å²) in [5.74, 6) is 0.640. The van der Waals surface area contributed by atoms with Gasteiger partial charge in [-0.3, -0.25) is 10.1 Å². The number of nitrogens with zero attached hydrogens (tertiary/aromatic N) is 1. The normalized spacial score (nSPS) is 21.5. The molecule has 2 atom stereocenters. The van der Waals surface area contributed by atoms with Gasteiger partial charge in [0, 0.05) is 6.54 Å². The highest BCUT2D eigenvalue weighted by atomic mass is 16.6. The summed E-state index contributed by atoms with van der Waals surface area (Å²) in [6, 6.07) is 5.05. The summed E-state index contributed by atoms with van der Waals surface area (Å²) in [7, 11) is 0. The van der Waals surface area contributed by atoms with Crippen LogP contribution in [-0.2, 0) is 0 Å². The van der Waals surface area contributed by atoms with Crippen LogP contribution in [0, 0.1) is 16.0 Å². The minimum atomic E-state index is -0.413. The number of hydrogen-bond donors (Lipinski definition) is 2. The number of nitro benzene ring substituents is 1. The Morgan fingerprint density at radius 3 is 2.81 bits per heavy atom. The summed E-state index contributed by atoms with van der Waals surface area (Å²) in [5.41, 5.74) is 0.448. The Bertz CT molecular complexity index is 504. The van der Waals surface area contributed by atoms with E-state index in [0.717, 1.165) is 19.3 Å². The first-order valence-electron chi connectivity index (χ1n) is 7.33. The lowest BCUT2D eigenvalue weighted by Gasteiger charge is -2.15. The Morgan fingerprint density at radius 2 is 2.24 bits per heavy atom. The molecule has 1 aromatic carbocycles. The van der Waals surface area contributed by atoms with Gasteiger partial charge >= 0.3 is 5.69 Å². The van der Waals surface area contributed by atoms with E-state index in [0.29, 0.717) is 18.2 Å². The van der Waals surface area contributed by atoms with Crippen LogP contribution in [0.25, 0.3) is 0 Å². The molecule has 0 heterocycles. The number of aliphatic hydroxyl groups is 1. The first kappa shape index (κ1) is 15.6. The summed E-state index contributed by atoms with van der Waals surface area (Å²) in [6.45, 7) is 4.30. The zero-order valence-electron chi connectivity index (χ0n) is 12.4. The fourth-order valence-corrected chi connectivity index (χ4v) is 2.69. The van der Waals surface area contributed by atoms with Crippen molar-refractivity contribution in [3.63, 3.8) is 0 Å². The summed E-state index contributed by atoms with van der Waals surface area (Å²) in [4.78, 5) is 10.9. The van der Waals surface area contributed by atoms with Gasteiger partial charge in [0.2, 0.25) is 0 Å². The summed E-state index contributed by atoms with van der Waals surface area (Å²) < 4.78 is 5.51. The first-order chi connectivity index (χ1) is 9.97. The summed E-state index contributed by atoms with van der Waals surface area (Å²) in [6.07, 6.45) is 2.16. The van der Waals surface area contributed by atoms with Crippen LogP contribution in [0.15, 0.2) is 18.2 Å². The molecule has 0 radical (unpaired) electrons. The third-order valence-electron chi connectivity index (χ3n) is 3.64. The monoisotopic (exact) mass is 294 g/mol. The third-order valence-corrected chi connectivity index (χ3v) is 3.64. The molecule has 0 aliphatic heterocycles. The summed E-state index contributed by atoms with van der Waals surface area (Å²) in [5, 5.41) is 24.0. The number of ether oxygens (including phenoxy) is 1. The Morgan fingerprint density at radius 1 is 1.48 bits per heavy atom. The van der Waals surface area contributed by atoms with E-state index >= 15 is 0 Å². The van der Waals surface area contributed by atoms with E-state index in [-0.39, 0.29) is 23.6 Å². The molecule has 116 valence electrons. The molecule has 0 bridgehead atoms. The number of nitrogens with one attached hydrogen (secondary N) is 1. The van der Waals surface area contributed by atoms with Crippen molar-refractivity contribution in [2.24, 2.45) is 5.92 Å². The number of anilines is 1. The van der Waals surface area contributed by atoms with Crippen molar-refractivity contribution >= 4 is 11.4 Å². The number of para-hydroxylation sites is 1. The minimum Gasteiger partial charge on any atom is -0.484 e. The topological polar surface area (TPSA) is 84.6 Å². The Hall–Kier alpha value is -1.82. The van der Waals surface area contributed by atoms with Crippen molar-refractivity contribution < 1.29 is 14.8 Å². The van der Waals surface area contributed by atoms with Gasteiger partial charge < -0.3 is 15.2 Å². The highest BCUT2D eigenvalue weighted by Crippen LogP contribution is 2.36. The van der Waals surface area contributed by atoms with E-state index in [1.54, 1.807) is 18.2 Å². The van der Waals surface area contributed by atoms with Gasteiger partial charge in [0.25, 0.3) is 0 Å². The maximum Gasteiger partial charge on any atom is 0.333 e. The lowest BCUT2D eigenvalue weighted by Crippen LogP contribution is -2.14. The van der Waals surface area contributed by atoms with Crippen LogP contribution in [-0.4, -0.2) is 28.8 Å². The van der Waals surface area contributed by atoms with E-state index in [4.69, 9.17) is 4.74 Å². The molecule has 0 saturated heterocycles. The van der Waals surface area contributed by atoms with Crippen molar-refractivity contribution in [3.05, 3.63) is 28.3 Å². The van der Waals surface area contributed by atoms with E-state index in [9.17, 15) is 15.2 Å². The second kappa shape index (κ2) is 6.76. The van der Waals surface area contributed by atoms with Crippen LogP contribution in [0.3, 0.4) is 0 Å². The lowest BCUT2D eigenvalue weighted by atomic mass is 10.1. The number of rotatable bonds is 6. The molecule has 6 nitrogen and oxygen atoms in total. The largest absolute Gasteiger partial charge is 0.484 e. The van der Waals surface area contributed by atoms with Crippen molar-refractivity contribution in [3.8, 4) is 5.75 Å². The number of hydrogen-bond acceptors (Lipinski definition) is 5. The molecule has 1 aromatic rings. The van der Waals surface area contributed by atoms with Crippen LogP contribution in [0.2, 0.25) is 0 Å².